The van der Waals surface area contributed by atoms with Gasteiger partial charge in [0.05, 0.1) is 6.10 Å². The third kappa shape index (κ3) is 3.09. The normalized spacial score (nSPS) is 26.5. The predicted octanol–water partition coefficient (Wildman–Crippen LogP) is 1.36. The smallest absolute Gasteiger partial charge is 0.317 e. The number of nitrogens with zero attached hydrogens (tertiary/aromatic N) is 1. The number of urea groups is 1. The van der Waals surface area contributed by atoms with Crippen molar-refractivity contribution in [2.24, 2.45) is 0 Å². The lowest BCUT2D eigenvalue weighted by atomic mass is 10.1. The zero-order valence-corrected chi connectivity index (χ0v) is 9.37. The van der Waals surface area contributed by atoms with Gasteiger partial charge in [0.25, 0.3) is 0 Å². The van der Waals surface area contributed by atoms with Gasteiger partial charge in [0.2, 0.25) is 0 Å². The van der Waals surface area contributed by atoms with E-state index in [0.29, 0.717) is 6.04 Å². The first-order valence-electron chi connectivity index (χ1n) is 5.96. The van der Waals surface area contributed by atoms with Crippen molar-refractivity contribution >= 4 is 6.03 Å². The van der Waals surface area contributed by atoms with Crippen molar-refractivity contribution in [1.29, 1.82) is 0 Å². The van der Waals surface area contributed by atoms with Crippen LogP contribution in [-0.2, 0) is 4.74 Å². The van der Waals surface area contributed by atoms with E-state index in [2.05, 4.69) is 5.32 Å². The summed E-state index contributed by atoms with van der Waals surface area (Å²) in [5.74, 6) is 0. The molecule has 1 aliphatic heterocycles. The van der Waals surface area contributed by atoms with Gasteiger partial charge >= 0.3 is 6.03 Å². The summed E-state index contributed by atoms with van der Waals surface area (Å²) >= 11 is 0. The van der Waals surface area contributed by atoms with Crippen molar-refractivity contribution in [3.63, 3.8) is 0 Å². The van der Waals surface area contributed by atoms with E-state index in [-0.39, 0.29) is 12.1 Å². The van der Waals surface area contributed by atoms with Crippen molar-refractivity contribution < 1.29 is 9.53 Å². The third-order valence-corrected chi connectivity index (χ3v) is 2.97. The largest absolute Gasteiger partial charge is 0.377 e. The molecule has 0 aromatic heterocycles. The fourth-order valence-electron chi connectivity index (χ4n) is 1.99. The lowest BCUT2D eigenvalue weighted by Crippen LogP contribution is -2.48. The summed E-state index contributed by atoms with van der Waals surface area (Å²) in [5, 5.41) is 3.02. The van der Waals surface area contributed by atoms with Gasteiger partial charge < -0.3 is 15.0 Å². The molecular formula is C11H20N2O2. The standard InChI is InChI=1S/C11H20N2O2/c1-2-15-10-4-3-7-13(8-10)11(14)12-9-5-6-9/h9-10H,2-8H2,1H3,(H,12,14). The molecular weight excluding hydrogens is 192 g/mol. The van der Waals surface area contributed by atoms with Crippen LogP contribution in [0.3, 0.4) is 0 Å². The molecule has 86 valence electrons. The molecule has 15 heavy (non-hydrogen) atoms. The molecule has 1 aliphatic carbocycles. The Kier molecular flexibility index (Phi) is 3.46. The van der Waals surface area contributed by atoms with Crippen LogP contribution in [0, 0.1) is 0 Å². The lowest BCUT2D eigenvalue weighted by Gasteiger charge is -2.32. The van der Waals surface area contributed by atoms with Gasteiger partial charge in [-0.3, -0.25) is 0 Å². The maximum Gasteiger partial charge on any atom is 0.317 e. The topological polar surface area (TPSA) is 41.6 Å². The number of hydrogen-bond acceptors (Lipinski definition) is 2. The highest BCUT2D eigenvalue weighted by atomic mass is 16.5. The molecule has 0 bridgehead atoms. The van der Waals surface area contributed by atoms with Crippen molar-refractivity contribution in [3.8, 4) is 0 Å². The van der Waals surface area contributed by atoms with E-state index < -0.39 is 0 Å². The molecule has 0 aromatic carbocycles. The van der Waals surface area contributed by atoms with Crippen molar-refractivity contribution in [1.82, 2.24) is 10.2 Å². The number of nitrogens with one attached hydrogen (secondary N) is 1. The van der Waals surface area contributed by atoms with E-state index in [1.54, 1.807) is 0 Å². The molecule has 2 amide bonds. The first-order valence-corrected chi connectivity index (χ1v) is 5.96. The second-order valence-corrected chi connectivity index (χ2v) is 4.39. The molecule has 2 fully saturated rings. The summed E-state index contributed by atoms with van der Waals surface area (Å²) in [6.07, 6.45) is 4.68. The molecule has 2 aliphatic rings. The van der Waals surface area contributed by atoms with E-state index in [1.807, 2.05) is 11.8 Å². The molecule has 1 heterocycles. The van der Waals surface area contributed by atoms with E-state index in [0.717, 1.165) is 45.4 Å². The van der Waals surface area contributed by atoms with Gasteiger partial charge in [-0.15, -0.1) is 0 Å². The fourth-order valence-corrected chi connectivity index (χ4v) is 1.99. The zero-order chi connectivity index (χ0) is 10.7. The maximum atomic E-state index is 11.8. The average molecular weight is 212 g/mol. The van der Waals surface area contributed by atoms with Crippen LogP contribution in [0.4, 0.5) is 4.79 Å². The van der Waals surface area contributed by atoms with Crippen LogP contribution in [0.2, 0.25) is 0 Å². The summed E-state index contributed by atoms with van der Waals surface area (Å²) in [4.78, 5) is 13.6. The zero-order valence-electron chi connectivity index (χ0n) is 9.37. The fraction of sp³-hybridized carbons (Fsp3) is 0.909. The lowest BCUT2D eigenvalue weighted by molar-refractivity contribution is 0.0164. The number of hydrogen-bond donors (Lipinski definition) is 1. The quantitative estimate of drug-likeness (QED) is 0.767. The Morgan fingerprint density at radius 2 is 2.27 bits per heavy atom. The molecule has 1 saturated carbocycles. The Balaban J connectivity index is 1.77. The van der Waals surface area contributed by atoms with E-state index >= 15 is 0 Å². The first kappa shape index (κ1) is 10.7. The van der Waals surface area contributed by atoms with Gasteiger partial charge in [0.1, 0.15) is 0 Å². The van der Waals surface area contributed by atoms with Crippen LogP contribution in [0.15, 0.2) is 0 Å². The molecule has 0 radical (unpaired) electrons. The third-order valence-electron chi connectivity index (χ3n) is 2.97. The van der Waals surface area contributed by atoms with Crippen molar-refractivity contribution in [2.45, 2.75) is 44.8 Å². The number of piperidine rings is 1. The van der Waals surface area contributed by atoms with Crippen molar-refractivity contribution in [3.05, 3.63) is 0 Å². The first-order chi connectivity index (χ1) is 7.29. The highest BCUT2D eigenvalue weighted by molar-refractivity contribution is 5.75. The number of amides is 2. The summed E-state index contributed by atoms with van der Waals surface area (Å²) < 4.78 is 5.56. The minimum Gasteiger partial charge on any atom is -0.377 e. The monoisotopic (exact) mass is 212 g/mol. The molecule has 1 unspecified atom stereocenters. The second kappa shape index (κ2) is 4.84. The predicted molar refractivity (Wildman–Crippen MR) is 57.8 cm³/mol. The van der Waals surface area contributed by atoms with Gasteiger partial charge in [-0.25, -0.2) is 4.79 Å². The minimum absolute atomic E-state index is 0.0990. The Morgan fingerprint density at radius 1 is 1.47 bits per heavy atom. The number of carbonyl (C=O) groups excluding carboxylic acids is 1. The molecule has 1 atom stereocenters. The van der Waals surface area contributed by atoms with Crippen LogP contribution in [-0.4, -0.2) is 42.8 Å². The van der Waals surface area contributed by atoms with Crippen LogP contribution < -0.4 is 5.32 Å². The van der Waals surface area contributed by atoms with Gasteiger partial charge in [0.15, 0.2) is 0 Å². The van der Waals surface area contributed by atoms with Crippen molar-refractivity contribution in [2.75, 3.05) is 19.7 Å². The van der Waals surface area contributed by atoms with Crippen LogP contribution in [0.5, 0.6) is 0 Å². The second-order valence-electron chi connectivity index (χ2n) is 4.39. The molecule has 1 N–H and O–H groups in total. The van der Waals surface area contributed by atoms with E-state index in [4.69, 9.17) is 4.74 Å². The minimum atomic E-state index is 0.0990. The molecule has 2 rings (SSSR count). The van der Waals surface area contributed by atoms with E-state index in [9.17, 15) is 4.79 Å². The van der Waals surface area contributed by atoms with Gasteiger partial charge in [-0.2, -0.15) is 0 Å². The van der Waals surface area contributed by atoms with E-state index in [1.165, 1.54) is 0 Å². The Morgan fingerprint density at radius 3 is 2.93 bits per heavy atom. The van der Waals surface area contributed by atoms with Crippen LogP contribution in [0.25, 0.3) is 0 Å². The maximum absolute atomic E-state index is 11.8. The van der Waals surface area contributed by atoms with Gasteiger partial charge in [0, 0.05) is 25.7 Å². The molecule has 4 nitrogen and oxygen atoms in total. The molecule has 0 aromatic rings. The highest BCUT2D eigenvalue weighted by Crippen LogP contribution is 2.20. The SMILES string of the molecule is CCOC1CCCN(C(=O)NC2CC2)C1. The van der Waals surface area contributed by atoms with Gasteiger partial charge in [-0.1, -0.05) is 0 Å². The summed E-state index contributed by atoms with van der Waals surface area (Å²) in [6.45, 7) is 4.38. The molecule has 0 spiro atoms. The number of carbonyl (C=O) groups is 1. The summed E-state index contributed by atoms with van der Waals surface area (Å²) in [5.41, 5.74) is 0. The Bertz CT molecular complexity index is 227. The number of rotatable bonds is 3. The molecule has 4 heteroatoms. The summed E-state index contributed by atoms with van der Waals surface area (Å²) in [6, 6.07) is 0.548. The number of ether oxygens (including phenoxy) is 1. The van der Waals surface area contributed by atoms with Gasteiger partial charge in [-0.05, 0) is 32.6 Å². The Labute approximate surface area is 91.0 Å². The van der Waals surface area contributed by atoms with Crippen LogP contribution in [0.1, 0.15) is 32.6 Å². The number of likely N-dealkylation sites (tertiary alicyclic amines) is 1. The highest BCUT2D eigenvalue weighted by Gasteiger charge is 2.28. The Hall–Kier alpha value is -0.770. The molecule has 1 saturated heterocycles. The average Bonchev–Trinajstić information content (AvgIpc) is 3.03. The summed E-state index contributed by atoms with van der Waals surface area (Å²) in [7, 11) is 0. The van der Waals surface area contributed by atoms with Crippen LogP contribution >= 0.6 is 0 Å².